The van der Waals surface area contributed by atoms with Gasteiger partial charge in [-0.1, -0.05) is 30.0 Å². The van der Waals surface area contributed by atoms with Crippen LogP contribution < -0.4 is 10.6 Å². The van der Waals surface area contributed by atoms with E-state index in [2.05, 4.69) is 25.8 Å². The van der Waals surface area contributed by atoms with Gasteiger partial charge in [0.15, 0.2) is 0 Å². The van der Waals surface area contributed by atoms with Gasteiger partial charge in [0.2, 0.25) is 11.1 Å². The van der Waals surface area contributed by atoms with Gasteiger partial charge < -0.3 is 15.4 Å². The lowest BCUT2D eigenvalue weighted by Gasteiger charge is -2.06. The molecule has 33 heavy (non-hydrogen) atoms. The van der Waals surface area contributed by atoms with E-state index in [-0.39, 0.29) is 34.7 Å². The molecule has 172 valence electrons. The zero-order valence-corrected chi connectivity index (χ0v) is 19.8. The third-order valence-electron chi connectivity index (χ3n) is 4.90. The van der Waals surface area contributed by atoms with Crippen molar-refractivity contribution in [2.75, 3.05) is 23.0 Å². The lowest BCUT2D eigenvalue weighted by atomic mass is 10.1. The number of hydrogen-bond acceptors (Lipinski definition) is 8. The molecule has 11 heteroatoms. The standard InChI is InChI=1S/C22H23N5O4S2/c1-3-31-21(30)16-12(2)17(19(29)23-14-7-5-4-6-8-14)33-20(16)24-15(28)11-32-22-25-18(26-27-22)13-9-10-13/h4-8,13H,3,9-11H2,1-2H3,(H,23,29)(H,24,28)(H,25,26,27). The first kappa shape index (κ1) is 23.0. The maximum atomic E-state index is 12.9. The summed E-state index contributed by atoms with van der Waals surface area (Å²) in [7, 11) is 0. The summed E-state index contributed by atoms with van der Waals surface area (Å²) >= 11 is 2.24. The normalized spacial score (nSPS) is 12.9. The zero-order chi connectivity index (χ0) is 23.4. The van der Waals surface area contributed by atoms with Gasteiger partial charge in [-0.15, -0.1) is 16.4 Å². The number of benzene rings is 1. The van der Waals surface area contributed by atoms with Crippen molar-refractivity contribution in [1.82, 2.24) is 15.2 Å². The van der Waals surface area contributed by atoms with Crippen molar-refractivity contribution >= 4 is 51.6 Å². The van der Waals surface area contributed by atoms with Crippen molar-refractivity contribution in [3.8, 4) is 0 Å². The fourth-order valence-electron chi connectivity index (χ4n) is 3.13. The summed E-state index contributed by atoms with van der Waals surface area (Å²) in [6.07, 6.45) is 2.21. The molecule has 0 aliphatic heterocycles. The van der Waals surface area contributed by atoms with Crippen LogP contribution in [0.4, 0.5) is 10.7 Å². The summed E-state index contributed by atoms with van der Waals surface area (Å²) in [4.78, 5) is 42.8. The minimum atomic E-state index is -0.587. The number of hydrogen-bond donors (Lipinski definition) is 3. The zero-order valence-electron chi connectivity index (χ0n) is 18.1. The molecular formula is C22H23N5O4S2. The number of H-pyrrole nitrogens is 1. The number of carbonyl (C=O) groups excluding carboxylic acids is 3. The first-order valence-electron chi connectivity index (χ1n) is 10.5. The van der Waals surface area contributed by atoms with Crippen LogP contribution in [-0.4, -0.2) is 45.3 Å². The number of thiophene rings is 1. The largest absolute Gasteiger partial charge is 0.462 e. The summed E-state index contributed by atoms with van der Waals surface area (Å²) in [6, 6.07) is 9.01. The van der Waals surface area contributed by atoms with Gasteiger partial charge in [0.25, 0.3) is 5.91 Å². The van der Waals surface area contributed by atoms with E-state index < -0.39 is 5.97 Å². The van der Waals surface area contributed by atoms with Crippen LogP contribution in [0.5, 0.6) is 0 Å². The number of thioether (sulfide) groups is 1. The molecule has 0 saturated heterocycles. The Morgan fingerprint density at radius 1 is 1.21 bits per heavy atom. The number of anilines is 2. The SMILES string of the molecule is CCOC(=O)c1c(NC(=O)CSc2n[nH]c(C3CC3)n2)sc(C(=O)Nc2ccccc2)c1C. The van der Waals surface area contributed by atoms with Crippen molar-refractivity contribution in [2.24, 2.45) is 0 Å². The highest BCUT2D eigenvalue weighted by Gasteiger charge is 2.28. The molecule has 1 fully saturated rings. The molecule has 0 atom stereocenters. The quantitative estimate of drug-likeness (QED) is 0.306. The first-order valence-corrected chi connectivity index (χ1v) is 12.3. The van der Waals surface area contributed by atoms with Gasteiger partial charge in [-0.05, 0) is 44.4 Å². The van der Waals surface area contributed by atoms with E-state index >= 15 is 0 Å². The highest BCUT2D eigenvalue weighted by Crippen LogP contribution is 2.38. The third kappa shape index (κ3) is 5.60. The molecule has 1 aromatic carbocycles. The summed E-state index contributed by atoms with van der Waals surface area (Å²) in [5.74, 6) is 0.0769. The van der Waals surface area contributed by atoms with Gasteiger partial charge >= 0.3 is 5.97 Å². The van der Waals surface area contributed by atoms with Crippen molar-refractivity contribution in [3.05, 3.63) is 52.2 Å². The van der Waals surface area contributed by atoms with Crippen LogP contribution >= 0.6 is 23.1 Å². The van der Waals surface area contributed by atoms with Crippen LogP contribution in [0.3, 0.4) is 0 Å². The number of nitrogens with zero attached hydrogens (tertiary/aromatic N) is 2. The van der Waals surface area contributed by atoms with E-state index in [0.29, 0.717) is 27.2 Å². The van der Waals surface area contributed by atoms with Gasteiger partial charge in [0.05, 0.1) is 22.8 Å². The molecule has 4 rings (SSSR count). The second kappa shape index (κ2) is 10.2. The van der Waals surface area contributed by atoms with Crippen LogP contribution in [0.2, 0.25) is 0 Å². The number of para-hydroxylation sites is 1. The van der Waals surface area contributed by atoms with E-state index in [9.17, 15) is 14.4 Å². The number of aromatic nitrogens is 3. The lowest BCUT2D eigenvalue weighted by Crippen LogP contribution is -2.16. The van der Waals surface area contributed by atoms with Gasteiger partial charge in [0, 0.05) is 11.6 Å². The summed E-state index contributed by atoms with van der Waals surface area (Å²) < 4.78 is 5.16. The number of aromatic amines is 1. The Labute approximate surface area is 198 Å². The molecule has 1 aliphatic rings. The Morgan fingerprint density at radius 2 is 1.97 bits per heavy atom. The minimum Gasteiger partial charge on any atom is -0.462 e. The molecule has 2 heterocycles. The Balaban J connectivity index is 1.48. The van der Waals surface area contributed by atoms with E-state index in [1.54, 1.807) is 26.0 Å². The van der Waals surface area contributed by atoms with Gasteiger partial charge in [-0.2, -0.15) is 0 Å². The average molecular weight is 486 g/mol. The topological polar surface area (TPSA) is 126 Å². The fraction of sp³-hybridized carbons (Fsp3) is 0.318. The molecule has 9 nitrogen and oxygen atoms in total. The maximum Gasteiger partial charge on any atom is 0.341 e. The molecule has 3 N–H and O–H groups in total. The Bertz CT molecular complexity index is 1170. The monoisotopic (exact) mass is 485 g/mol. The van der Waals surface area contributed by atoms with Crippen LogP contribution in [0.25, 0.3) is 0 Å². The number of carbonyl (C=O) groups is 3. The van der Waals surface area contributed by atoms with Crippen LogP contribution in [0, 0.1) is 6.92 Å². The molecule has 0 unspecified atom stereocenters. The number of esters is 1. The minimum absolute atomic E-state index is 0.0622. The highest BCUT2D eigenvalue weighted by atomic mass is 32.2. The maximum absolute atomic E-state index is 12.9. The second-order valence-electron chi connectivity index (χ2n) is 7.42. The predicted octanol–water partition coefficient (Wildman–Crippen LogP) is 4.21. The molecule has 0 spiro atoms. The number of amides is 2. The van der Waals surface area contributed by atoms with Crippen molar-refractivity contribution in [1.29, 1.82) is 0 Å². The van der Waals surface area contributed by atoms with Gasteiger partial charge in [-0.3, -0.25) is 14.7 Å². The average Bonchev–Trinajstić information content (AvgIpc) is 3.45. The van der Waals surface area contributed by atoms with Crippen molar-refractivity contribution in [2.45, 2.75) is 37.8 Å². The highest BCUT2D eigenvalue weighted by molar-refractivity contribution is 7.99. The van der Waals surface area contributed by atoms with E-state index in [1.165, 1.54) is 11.8 Å². The fourth-order valence-corrected chi connectivity index (χ4v) is 4.84. The molecular weight excluding hydrogens is 462 g/mol. The molecule has 0 radical (unpaired) electrons. The van der Waals surface area contributed by atoms with Crippen LogP contribution in [-0.2, 0) is 9.53 Å². The second-order valence-corrected chi connectivity index (χ2v) is 9.38. The Morgan fingerprint density at radius 3 is 2.67 bits per heavy atom. The van der Waals surface area contributed by atoms with Crippen LogP contribution in [0.1, 0.15) is 57.1 Å². The smallest absolute Gasteiger partial charge is 0.341 e. The van der Waals surface area contributed by atoms with E-state index in [1.807, 2.05) is 18.2 Å². The first-order chi connectivity index (χ1) is 16.0. The molecule has 1 saturated carbocycles. The summed E-state index contributed by atoms with van der Waals surface area (Å²) in [5.41, 5.74) is 1.28. The van der Waals surface area contributed by atoms with Gasteiger partial charge in [-0.25, -0.2) is 9.78 Å². The van der Waals surface area contributed by atoms with E-state index in [4.69, 9.17) is 4.74 Å². The Kier molecular flexibility index (Phi) is 7.09. The third-order valence-corrected chi connectivity index (χ3v) is 6.95. The van der Waals surface area contributed by atoms with Gasteiger partial charge in [0.1, 0.15) is 10.8 Å². The summed E-state index contributed by atoms with van der Waals surface area (Å²) in [5, 5.41) is 13.4. The van der Waals surface area contributed by atoms with Crippen molar-refractivity contribution < 1.29 is 19.1 Å². The summed E-state index contributed by atoms with van der Waals surface area (Å²) in [6.45, 7) is 3.54. The van der Waals surface area contributed by atoms with E-state index in [0.717, 1.165) is 30.0 Å². The Hall–Kier alpha value is -3.18. The van der Waals surface area contributed by atoms with Crippen LogP contribution in [0.15, 0.2) is 35.5 Å². The molecule has 0 bridgehead atoms. The molecule has 2 amide bonds. The molecule has 3 aromatic rings. The molecule has 1 aliphatic carbocycles. The van der Waals surface area contributed by atoms with Crippen molar-refractivity contribution in [3.63, 3.8) is 0 Å². The number of rotatable bonds is 9. The molecule has 2 aromatic heterocycles. The lowest BCUT2D eigenvalue weighted by molar-refractivity contribution is -0.113. The number of ether oxygens (including phenoxy) is 1. The number of nitrogens with one attached hydrogen (secondary N) is 3. The predicted molar refractivity (Wildman–Crippen MR) is 127 cm³/mol.